The summed E-state index contributed by atoms with van der Waals surface area (Å²) in [6.07, 6.45) is 7.20. The molecule has 1 aliphatic carbocycles. The molecule has 1 fully saturated rings. The van der Waals surface area contributed by atoms with E-state index in [1.54, 1.807) is 6.20 Å². The van der Waals surface area contributed by atoms with Gasteiger partial charge < -0.3 is 20.1 Å². The fourth-order valence-electron chi connectivity index (χ4n) is 3.28. The number of carbonyl (C=O) groups excluding carboxylic acids is 1. The van der Waals surface area contributed by atoms with E-state index in [4.69, 9.17) is 9.47 Å². The lowest BCUT2D eigenvalue weighted by Crippen LogP contribution is -2.25. The van der Waals surface area contributed by atoms with Crippen molar-refractivity contribution in [3.8, 4) is 11.5 Å². The molecule has 1 amide bonds. The van der Waals surface area contributed by atoms with Gasteiger partial charge in [0.1, 0.15) is 5.82 Å². The number of nitrogens with zero attached hydrogens (tertiary/aromatic N) is 1. The number of nitrogens with one attached hydrogen (secondary N) is 2. The van der Waals surface area contributed by atoms with Gasteiger partial charge >= 0.3 is 0 Å². The Labute approximate surface area is 146 Å². The first-order valence-corrected chi connectivity index (χ1v) is 8.71. The van der Waals surface area contributed by atoms with Crippen molar-refractivity contribution >= 4 is 23.1 Å². The molecule has 1 aromatic carbocycles. The van der Waals surface area contributed by atoms with Crippen LogP contribution < -0.4 is 20.1 Å². The normalized spacial score (nSPS) is 16.5. The molecule has 2 aromatic rings. The van der Waals surface area contributed by atoms with E-state index in [-0.39, 0.29) is 18.6 Å². The summed E-state index contributed by atoms with van der Waals surface area (Å²) in [5.41, 5.74) is 1.74. The largest absolute Gasteiger partial charge is 0.454 e. The number of pyridine rings is 1. The first kappa shape index (κ1) is 15.7. The molecule has 2 aliphatic rings. The van der Waals surface area contributed by atoms with Crippen LogP contribution in [0.3, 0.4) is 0 Å². The molecule has 2 N–H and O–H groups in total. The fourth-order valence-corrected chi connectivity index (χ4v) is 3.28. The molecule has 0 spiro atoms. The highest BCUT2D eigenvalue weighted by molar-refractivity contribution is 5.91. The molecular formula is C19H21N3O3. The van der Waals surface area contributed by atoms with E-state index in [0.717, 1.165) is 48.6 Å². The second-order valence-electron chi connectivity index (χ2n) is 6.45. The van der Waals surface area contributed by atoms with E-state index in [0.29, 0.717) is 5.82 Å². The first-order valence-electron chi connectivity index (χ1n) is 8.71. The third kappa shape index (κ3) is 3.68. The van der Waals surface area contributed by atoms with Crippen molar-refractivity contribution in [3.63, 3.8) is 0 Å². The first-order chi connectivity index (χ1) is 12.3. The van der Waals surface area contributed by atoms with Crippen molar-refractivity contribution in [2.45, 2.75) is 32.1 Å². The van der Waals surface area contributed by atoms with Crippen LogP contribution in [0.15, 0.2) is 36.5 Å². The molecule has 0 atom stereocenters. The second-order valence-corrected chi connectivity index (χ2v) is 6.45. The van der Waals surface area contributed by atoms with Crippen molar-refractivity contribution < 1.29 is 14.3 Å². The van der Waals surface area contributed by atoms with Crippen LogP contribution in [0.1, 0.15) is 32.1 Å². The third-order valence-corrected chi connectivity index (χ3v) is 4.65. The van der Waals surface area contributed by atoms with Gasteiger partial charge in [0.2, 0.25) is 12.7 Å². The van der Waals surface area contributed by atoms with Crippen LogP contribution in [0.5, 0.6) is 11.5 Å². The Morgan fingerprint density at radius 1 is 1.00 bits per heavy atom. The van der Waals surface area contributed by atoms with E-state index in [9.17, 15) is 4.79 Å². The smallest absolute Gasteiger partial charge is 0.231 e. The van der Waals surface area contributed by atoms with Gasteiger partial charge in [0.15, 0.2) is 11.5 Å². The molecule has 1 saturated carbocycles. The van der Waals surface area contributed by atoms with Gasteiger partial charge in [-0.1, -0.05) is 19.3 Å². The van der Waals surface area contributed by atoms with Crippen molar-refractivity contribution in [2.75, 3.05) is 17.4 Å². The summed E-state index contributed by atoms with van der Waals surface area (Å²) in [6, 6.07) is 9.40. The van der Waals surface area contributed by atoms with Crippen LogP contribution in [0.25, 0.3) is 0 Å². The summed E-state index contributed by atoms with van der Waals surface area (Å²) in [4.78, 5) is 16.6. The molecule has 1 aliphatic heterocycles. The summed E-state index contributed by atoms with van der Waals surface area (Å²) >= 11 is 0. The average Bonchev–Trinajstić information content (AvgIpc) is 3.12. The topological polar surface area (TPSA) is 72.5 Å². The summed E-state index contributed by atoms with van der Waals surface area (Å²) in [5, 5.41) is 6.19. The number of hydrogen-bond donors (Lipinski definition) is 2. The molecule has 6 nitrogen and oxygen atoms in total. The van der Waals surface area contributed by atoms with Gasteiger partial charge in [-0.3, -0.25) is 4.79 Å². The number of hydrogen-bond acceptors (Lipinski definition) is 5. The van der Waals surface area contributed by atoms with Gasteiger partial charge in [0, 0.05) is 17.7 Å². The number of fused-ring (bicyclic) bond motifs is 1. The lowest BCUT2D eigenvalue weighted by molar-refractivity contribution is -0.120. The van der Waals surface area contributed by atoms with Crippen LogP contribution in [-0.2, 0) is 4.79 Å². The maximum atomic E-state index is 12.3. The van der Waals surface area contributed by atoms with Crippen LogP contribution in [0, 0.1) is 5.92 Å². The predicted octanol–water partition coefficient (Wildman–Crippen LogP) is 4.07. The lowest BCUT2D eigenvalue weighted by atomic mass is 9.89. The Balaban J connectivity index is 1.37. The van der Waals surface area contributed by atoms with Crippen molar-refractivity contribution in [1.82, 2.24) is 4.98 Å². The van der Waals surface area contributed by atoms with Gasteiger partial charge in [0.25, 0.3) is 0 Å². The van der Waals surface area contributed by atoms with E-state index < -0.39 is 0 Å². The van der Waals surface area contributed by atoms with E-state index in [1.807, 2.05) is 30.3 Å². The number of rotatable bonds is 4. The van der Waals surface area contributed by atoms with Gasteiger partial charge in [-0.25, -0.2) is 4.98 Å². The summed E-state index contributed by atoms with van der Waals surface area (Å²) in [7, 11) is 0. The highest BCUT2D eigenvalue weighted by Crippen LogP contribution is 2.35. The van der Waals surface area contributed by atoms with Crippen molar-refractivity contribution in [3.05, 3.63) is 36.5 Å². The zero-order valence-electron chi connectivity index (χ0n) is 14.0. The summed E-state index contributed by atoms with van der Waals surface area (Å²) < 4.78 is 10.7. The molecule has 6 heteroatoms. The maximum absolute atomic E-state index is 12.3. The highest BCUT2D eigenvalue weighted by atomic mass is 16.7. The molecule has 25 heavy (non-hydrogen) atoms. The third-order valence-electron chi connectivity index (χ3n) is 4.65. The van der Waals surface area contributed by atoms with E-state index in [2.05, 4.69) is 15.6 Å². The van der Waals surface area contributed by atoms with Crippen molar-refractivity contribution in [2.24, 2.45) is 5.92 Å². The Morgan fingerprint density at radius 2 is 1.80 bits per heavy atom. The monoisotopic (exact) mass is 339 g/mol. The lowest BCUT2D eigenvalue weighted by Gasteiger charge is -2.20. The molecule has 0 saturated heterocycles. The maximum Gasteiger partial charge on any atom is 0.231 e. The minimum absolute atomic E-state index is 0.0867. The Hall–Kier alpha value is -2.76. The Bertz CT molecular complexity index is 755. The number of amides is 1. The van der Waals surface area contributed by atoms with E-state index >= 15 is 0 Å². The zero-order chi connectivity index (χ0) is 17.1. The van der Waals surface area contributed by atoms with Gasteiger partial charge in [-0.2, -0.15) is 0 Å². The van der Waals surface area contributed by atoms with Crippen LogP contribution >= 0.6 is 0 Å². The number of aromatic nitrogens is 1. The quantitative estimate of drug-likeness (QED) is 0.878. The number of anilines is 3. The molecule has 1 aromatic heterocycles. The SMILES string of the molecule is O=C(Nc1ccc(Nc2ccc3c(c2)OCO3)cn1)C1CCCCC1. The van der Waals surface area contributed by atoms with Gasteiger partial charge in [-0.15, -0.1) is 0 Å². The fraction of sp³-hybridized carbons (Fsp3) is 0.368. The minimum atomic E-state index is 0.0867. The summed E-state index contributed by atoms with van der Waals surface area (Å²) in [5.74, 6) is 2.29. The molecule has 0 radical (unpaired) electrons. The van der Waals surface area contributed by atoms with Crippen molar-refractivity contribution in [1.29, 1.82) is 0 Å². The predicted molar refractivity (Wildman–Crippen MR) is 95.3 cm³/mol. The molecule has 0 unspecified atom stereocenters. The molecule has 130 valence electrons. The highest BCUT2D eigenvalue weighted by Gasteiger charge is 2.21. The standard InChI is InChI=1S/C19H21N3O3/c23-19(13-4-2-1-3-5-13)22-18-9-7-15(11-20-18)21-14-6-8-16-17(10-14)25-12-24-16/h6-11,13,21H,1-5,12H2,(H,20,22,23). The number of carbonyl (C=O) groups is 1. The van der Waals surface area contributed by atoms with Crippen LogP contribution in [0.4, 0.5) is 17.2 Å². The minimum Gasteiger partial charge on any atom is -0.454 e. The molecule has 4 rings (SSSR count). The average molecular weight is 339 g/mol. The summed E-state index contributed by atoms with van der Waals surface area (Å²) in [6.45, 7) is 0.260. The van der Waals surface area contributed by atoms with Gasteiger partial charge in [0.05, 0.1) is 11.9 Å². The Morgan fingerprint density at radius 3 is 2.60 bits per heavy atom. The van der Waals surface area contributed by atoms with E-state index in [1.165, 1.54) is 6.42 Å². The number of benzene rings is 1. The van der Waals surface area contributed by atoms with Crippen LogP contribution in [-0.4, -0.2) is 17.7 Å². The zero-order valence-corrected chi connectivity index (χ0v) is 14.0. The van der Waals surface area contributed by atoms with Crippen LogP contribution in [0.2, 0.25) is 0 Å². The number of ether oxygens (including phenoxy) is 2. The molecule has 0 bridgehead atoms. The molecular weight excluding hydrogens is 318 g/mol. The molecule has 2 heterocycles. The second kappa shape index (κ2) is 7.01. The Kier molecular flexibility index (Phi) is 4.41. The van der Waals surface area contributed by atoms with Gasteiger partial charge in [-0.05, 0) is 37.1 Å².